The van der Waals surface area contributed by atoms with Crippen LogP contribution in [0, 0.1) is 22.7 Å². The Morgan fingerprint density at radius 3 is 2.50 bits per heavy atom. The summed E-state index contributed by atoms with van der Waals surface area (Å²) in [4.78, 5) is 19.7. The summed E-state index contributed by atoms with van der Waals surface area (Å²) in [6.45, 7) is 0. The van der Waals surface area contributed by atoms with Gasteiger partial charge in [-0.2, -0.15) is 15.5 Å². The zero-order valence-electron chi connectivity index (χ0n) is 20.0. The van der Waals surface area contributed by atoms with Gasteiger partial charge in [0, 0.05) is 60.0 Å². The number of anilines is 1. The van der Waals surface area contributed by atoms with E-state index in [9.17, 15) is 10.1 Å². The summed E-state index contributed by atoms with van der Waals surface area (Å²) in [5.74, 6) is 1.40. The Bertz CT molecular complexity index is 1540. The fourth-order valence-electron chi connectivity index (χ4n) is 7.15. The van der Waals surface area contributed by atoms with E-state index in [1.54, 1.807) is 15.4 Å². The van der Waals surface area contributed by atoms with Crippen molar-refractivity contribution >= 4 is 17.2 Å². The molecule has 2 unspecified atom stereocenters. The second-order valence-electron chi connectivity index (χ2n) is 10.7. The number of primary amides is 1. The number of carbonyl (C=O) groups is 1. The lowest BCUT2D eigenvalue weighted by atomic mass is 9.55. The molecule has 4 aromatic heterocycles. The minimum Gasteiger partial charge on any atom is -0.369 e. The van der Waals surface area contributed by atoms with E-state index in [4.69, 9.17) is 10.7 Å². The van der Waals surface area contributed by atoms with E-state index in [-0.39, 0.29) is 11.3 Å². The van der Waals surface area contributed by atoms with Gasteiger partial charge in [0.05, 0.1) is 28.9 Å². The number of nitrogens with zero attached hydrogens (tertiary/aromatic N) is 7. The molecule has 9 nitrogen and oxygen atoms in total. The predicted octanol–water partition coefficient (Wildman–Crippen LogP) is 3.29. The van der Waals surface area contributed by atoms with Crippen LogP contribution in [0.4, 0.5) is 5.82 Å². The summed E-state index contributed by atoms with van der Waals surface area (Å²) in [6.07, 6.45) is 14.0. The average Bonchev–Trinajstić information content (AvgIpc) is 3.49. The largest absolute Gasteiger partial charge is 0.369 e. The van der Waals surface area contributed by atoms with E-state index < -0.39 is 0 Å². The van der Waals surface area contributed by atoms with Gasteiger partial charge in [0.25, 0.3) is 0 Å². The van der Waals surface area contributed by atoms with Crippen LogP contribution in [0.1, 0.15) is 37.7 Å². The Labute approximate surface area is 208 Å². The number of amides is 1. The quantitative estimate of drug-likeness (QED) is 0.481. The second kappa shape index (κ2) is 7.40. The van der Waals surface area contributed by atoms with Gasteiger partial charge in [-0.3, -0.25) is 9.48 Å². The molecule has 180 valence electrons. The highest BCUT2D eigenvalue weighted by molar-refractivity contribution is 5.87. The van der Waals surface area contributed by atoms with Crippen molar-refractivity contribution in [1.29, 1.82) is 5.26 Å². The van der Waals surface area contributed by atoms with Crippen molar-refractivity contribution in [3.8, 4) is 28.3 Å². The predicted molar refractivity (Wildman–Crippen MR) is 134 cm³/mol. The summed E-state index contributed by atoms with van der Waals surface area (Å²) in [7, 11) is 1.89. The molecular formula is C27H26N8O. The van der Waals surface area contributed by atoms with Gasteiger partial charge >= 0.3 is 0 Å². The number of aryl methyl sites for hydroxylation is 1. The number of pyridine rings is 2. The summed E-state index contributed by atoms with van der Waals surface area (Å²) in [5, 5.41) is 18.4. The molecule has 2 N–H and O–H groups in total. The van der Waals surface area contributed by atoms with Crippen LogP contribution in [-0.4, -0.2) is 42.4 Å². The van der Waals surface area contributed by atoms with Gasteiger partial charge in [0.15, 0.2) is 0 Å². The van der Waals surface area contributed by atoms with E-state index in [1.807, 2.05) is 31.8 Å². The van der Waals surface area contributed by atoms with Crippen molar-refractivity contribution < 1.29 is 4.79 Å². The van der Waals surface area contributed by atoms with Crippen LogP contribution in [0.2, 0.25) is 0 Å². The van der Waals surface area contributed by atoms with E-state index in [0.29, 0.717) is 23.6 Å². The third-order valence-corrected chi connectivity index (χ3v) is 8.55. The molecule has 36 heavy (non-hydrogen) atoms. The van der Waals surface area contributed by atoms with Crippen LogP contribution in [0.3, 0.4) is 0 Å². The molecule has 6 heterocycles. The van der Waals surface area contributed by atoms with Gasteiger partial charge in [-0.25, -0.2) is 9.50 Å². The number of hydrogen-bond acceptors (Lipinski definition) is 6. The van der Waals surface area contributed by atoms with Gasteiger partial charge < -0.3 is 10.6 Å². The van der Waals surface area contributed by atoms with Gasteiger partial charge in [0.1, 0.15) is 11.9 Å². The van der Waals surface area contributed by atoms with Gasteiger partial charge in [-0.15, -0.1) is 0 Å². The lowest BCUT2D eigenvalue weighted by molar-refractivity contribution is -0.136. The summed E-state index contributed by atoms with van der Waals surface area (Å²) < 4.78 is 3.52. The molecule has 2 atom stereocenters. The highest BCUT2D eigenvalue weighted by Crippen LogP contribution is 2.56. The summed E-state index contributed by atoms with van der Waals surface area (Å²) in [5.41, 5.74) is 10.6. The molecule has 4 bridgehead atoms. The maximum Gasteiger partial charge on any atom is 0.223 e. The first-order valence-corrected chi connectivity index (χ1v) is 12.4. The van der Waals surface area contributed by atoms with Gasteiger partial charge in [-0.05, 0) is 56.2 Å². The smallest absolute Gasteiger partial charge is 0.223 e. The van der Waals surface area contributed by atoms with Crippen molar-refractivity contribution in [3.05, 3.63) is 54.7 Å². The molecule has 1 amide bonds. The van der Waals surface area contributed by atoms with Crippen molar-refractivity contribution in [1.82, 2.24) is 24.4 Å². The van der Waals surface area contributed by atoms with Crippen LogP contribution < -0.4 is 10.6 Å². The minimum absolute atomic E-state index is 0.128. The first-order chi connectivity index (χ1) is 17.4. The molecule has 2 saturated heterocycles. The number of rotatable bonds is 4. The number of nitrogens with two attached hydrogens (primary N) is 1. The van der Waals surface area contributed by atoms with E-state index in [0.717, 1.165) is 65.7 Å². The molecule has 4 fully saturated rings. The molecule has 4 aromatic rings. The van der Waals surface area contributed by atoms with E-state index in [2.05, 4.69) is 39.4 Å². The molecule has 4 aliphatic rings. The number of piperidine rings is 2. The number of aromatic nitrogens is 5. The van der Waals surface area contributed by atoms with Crippen molar-refractivity contribution in [3.63, 3.8) is 0 Å². The highest BCUT2D eigenvalue weighted by atomic mass is 16.1. The number of hydrogen-bond donors (Lipinski definition) is 1. The van der Waals surface area contributed by atoms with Crippen LogP contribution in [0.15, 0.2) is 49.2 Å². The Balaban J connectivity index is 1.28. The first kappa shape index (κ1) is 21.1. The van der Waals surface area contributed by atoms with Crippen LogP contribution in [0.25, 0.3) is 27.8 Å². The van der Waals surface area contributed by atoms with Crippen LogP contribution in [0.5, 0.6) is 0 Å². The average molecular weight is 479 g/mol. The monoisotopic (exact) mass is 478 g/mol. The lowest BCUT2D eigenvalue weighted by Crippen LogP contribution is -2.65. The van der Waals surface area contributed by atoms with Crippen LogP contribution in [-0.2, 0) is 11.8 Å². The Hall–Kier alpha value is -4.19. The second-order valence-corrected chi connectivity index (χ2v) is 10.7. The fraction of sp³-hybridized carbons (Fsp3) is 0.370. The lowest BCUT2D eigenvalue weighted by Gasteiger charge is -2.60. The third-order valence-electron chi connectivity index (χ3n) is 8.55. The van der Waals surface area contributed by atoms with Crippen molar-refractivity contribution in [2.24, 2.45) is 24.1 Å². The summed E-state index contributed by atoms with van der Waals surface area (Å²) in [6, 6.07) is 9.11. The third kappa shape index (κ3) is 3.00. The molecule has 2 saturated carbocycles. The first-order valence-electron chi connectivity index (χ1n) is 12.4. The Kier molecular flexibility index (Phi) is 4.34. The SMILES string of the molecule is Cn1cc(-c2cc(-c3ccc(N4C5CC6CC4CC(C(N)=O)(C6)C5)nc3)c3c(C#N)cnn3c2)cn1. The fourth-order valence-corrected chi connectivity index (χ4v) is 7.15. The highest BCUT2D eigenvalue weighted by Gasteiger charge is 2.57. The Morgan fingerprint density at radius 1 is 1.06 bits per heavy atom. The molecule has 0 spiro atoms. The zero-order chi connectivity index (χ0) is 24.6. The Morgan fingerprint density at radius 2 is 1.86 bits per heavy atom. The topological polar surface area (TPSA) is 118 Å². The van der Waals surface area contributed by atoms with Gasteiger partial charge in [-0.1, -0.05) is 0 Å². The standard InChI is InChI=1S/C27H26N8O/c1-33-14-20(13-31-33)18-6-23(25-19(10-28)12-32-34(25)15-18)17-2-3-24(30-11-17)35-21-4-16-5-22(35)9-27(7-16,8-21)26(29)36/h2-3,6,11-16,21-22H,4-5,7-9H2,1H3,(H2,29,36). The van der Waals surface area contributed by atoms with Crippen molar-refractivity contribution in [2.45, 2.75) is 44.2 Å². The normalized spacial score (nSPS) is 26.4. The number of fused-ring (bicyclic) bond motifs is 1. The maximum atomic E-state index is 12.3. The molecule has 2 aliphatic carbocycles. The number of nitriles is 1. The van der Waals surface area contributed by atoms with E-state index >= 15 is 0 Å². The molecular weight excluding hydrogens is 452 g/mol. The molecule has 0 aromatic carbocycles. The molecule has 8 rings (SSSR count). The maximum absolute atomic E-state index is 12.3. The molecule has 0 radical (unpaired) electrons. The zero-order valence-corrected chi connectivity index (χ0v) is 20.0. The summed E-state index contributed by atoms with van der Waals surface area (Å²) >= 11 is 0. The molecule has 2 aliphatic heterocycles. The van der Waals surface area contributed by atoms with Crippen LogP contribution >= 0.6 is 0 Å². The minimum atomic E-state index is -0.332. The number of carbonyl (C=O) groups excluding carboxylic acids is 1. The molecule has 9 heteroatoms. The van der Waals surface area contributed by atoms with E-state index in [1.165, 1.54) is 0 Å². The van der Waals surface area contributed by atoms with Gasteiger partial charge in [0.2, 0.25) is 5.91 Å². The van der Waals surface area contributed by atoms with Crippen molar-refractivity contribution in [2.75, 3.05) is 4.90 Å².